The molecule has 1 aliphatic heterocycles. The third-order valence-electron chi connectivity index (χ3n) is 8.85. The third-order valence-corrected chi connectivity index (χ3v) is 8.85. The van der Waals surface area contributed by atoms with E-state index >= 15 is 0 Å². The van der Waals surface area contributed by atoms with Gasteiger partial charge in [0.1, 0.15) is 0 Å². The van der Waals surface area contributed by atoms with Crippen LogP contribution in [-0.2, 0) is 11.8 Å². The molecule has 1 nitrogen and oxygen atoms in total. The van der Waals surface area contributed by atoms with Crippen molar-refractivity contribution in [3.63, 3.8) is 0 Å². The zero-order valence-corrected chi connectivity index (χ0v) is 21.8. The quantitative estimate of drug-likeness (QED) is 0.223. The van der Waals surface area contributed by atoms with Crippen LogP contribution in [0.3, 0.4) is 0 Å². The summed E-state index contributed by atoms with van der Waals surface area (Å²) in [7, 11) is 0. The van der Waals surface area contributed by atoms with Gasteiger partial charge in [-0.15, -0.1) is 0 Å². The zero-order valence-electron chi connectivity index (χ0n) is 21.8. The molecular formula is C36H29N. The number of hydrogen-bond donors (Lipinski definition) is 0. The van der Waals surface area contributed by atoms with E-state index in [-0.39, 0.29) is 5.41 Å². The van der Waals surface area contributed by atoms with Crippen LogP contribution in [0.5, 0.6) is 0 Å². The molecule has 0 bridgehead atoms. The number of rotatable bonds is 1. The predicted molar refractivity (Wildman–Crippen MR) is 158 cm³/mol. The lowest BCUT2D eigenvalue weighted by atomic mass is 9.73. The van der Waals surface area contributed by atoms with Crippen molar-refractivity contribution in [1.82, 2.24) is 4.57 Å². The molecule has 2 aliphatic rings. The number of aromatic nitrogens is 1. The standard InChI is InChI=1S/C36H29N/c1-21-11-15-32-28(17-21)29-18-22(2)19-31-35(29)37(32)33-16-13-25(20-30(33)36(31,3)4)26-14-12-24-8-5-7-23-9-6-10-27(26)34(23)24/h5-8,10-20H,9H2,1-4H3. The Morgan fingerprint density at radius 3 is 2.51 bits per heavy atom. The highest BCUT2D eigenvalue weighted by atomic mass is 15.0. The number of hydrogen-bond acceptors (Lipinski definition) is 0. The molecule has 0 fully saturated rings. The van der Waals surface area contributed by atoms with Crippen molar-refractivity contribution in [3.05, 3.63) is 118 Å². The summed E-state index contributed by atoms with van der Waals surface area (Å²) in [4.78, 5) is 0. The summed E-state index contributed by atoms with van der Waals surface area (Å²) in [5.41, 5.74) is 14.7. The van der Waals surface area contributed by atoms with Gasteiger partial charge < -0.3 is 4.57 Å². The summed E-state index contributed by atoms with van der Waals surface area (Å²) in [6.07, 6.45) is 5.66. The van der Waals surface area contributed by atoms with E-state index in [1.807, 2.05) is 0 Å². The van der Waals surface area contributed by atoms with E-state index in [4.69, 9.17) is 0 Å². The Hall–Kier alpha value is -4.10. The van der Waals surface area contributed by atoms with Crippen LogP contribution in [0.4, 0.5) is 0 Å². The highest BCUT2D eigenvalue weighted by molar-refractivity contribution is 6.12. The Labute approximate surface area is 217 Å². The molecule has 0 amide bonds. The van der Waals surface area contributed by atoms with Crippen molar-refractivity contribution >= 4 is 38.7 Å². The van der Waals surface area contributed by atoms with Crippen molar-refractivity contribution in [2.45, 2.75) is 39.5 Å². The van der Waals surface area contributed by atoms with E-state index in [0.717, 1.165) is 6.42 Å². The second kappa shape index (κ2) is 7.01. The Balaban J connectivity index is 1.45. The van der Waals surface area contributed by atoms with Gasteiger partial charge in [0.25, 0.3) is 0 Å². The van der Waals surface area contributed by atoms with Crippen molar-refractivity contribution < 1.29 is 0 Å². The van der Waals surface area contributed by atoms with Crippen LogP contribution >= 0.6 is 0 Å². The molecule has 8 rings (SSSR count). The van der Waals surface area contributed by atoms with Gasteiger partial charge in [-0.05, 0) is 94.8 Å². The second-order valence-corrected chi connectivity index (χ2v) is 11.6. The number of fused-ring (bicyclic) bond motifs is 5. The third kappa shape index (κ3) is 2.69. The maximum Gasteiger partial charge on any atom is 0.0582 e. The molecule has 0 spiro atoms. The van der Waals surface area contributed by atoms with Crippen molar-refractivity contribution in [1.29, 1.82) is 0 Å². The fraction of sp³-hybridized carbons (Fsp3) is 0.167. The summed E-state index contributed by atoms with van der Waals surface area (Å²) in [6.45, 7) is 9.23. The van der Waals surface area contributed by atoms with Gasteiger partial charge in [0.15, 0.2) is 0 Å². The summed E-state index contributed by atoms with van der Waals surface area (Å²) in [5.74, 6) is 0. The molecule has 0 saturated carbocycles. The molecule has 178 valence electrons. The van der Waals surface area contributed by atoms with Crippen LogP contribution in [0.15, 0.2) is 84.9 Å². The highest BCUT2D eigenvalue weighted by Crippen LogP contribution is 2.49. The molecule has 0 saturated heterocycles. The maximum atomic E-state index is 2.52. The van der Waals surface area contributed by atoms with Gasteiger partial charge in [0.05, 0.1) is 16.7 Å². The summed E-state index contributed by atoms with van der Waals surface area (Å²) in [5, 5.41) is 5.46. The van der Waals surface area contributed by atoms with E-state index in [2.05, 4.69) is 123 Å². The Bertz CT molecular complexity index is 1990. The molecule has 37 heavy (non-hydrogen) atoms. The molecular weight excluding hydrogens is 446 g/mol. The van der Waals surface area contributed by atoms with E-state index in [1.54, 1.807) is 0 Å². The van der Waals surface area contributed by atoms with Crippen LogP contribution in [0.1, 0.15) is 47.2 Å². The lowest BCUT2D eigenvalue weighted by molar-refractivity contribution is 0.630. The number of benzene rings is 5. The molecule has 1 heteroatoms. The minimum atomic E-state index is -0.107. The van der Waals surface area contributed by atoms with Crippen molar-refractivity contribution in [2.75, 3.05) is 0 Å². The summed E-state index contributed by atoms with van der Waals surface area (Å²) < 4.78 is 2.52. The summed E-state index contributed by atoms with van der Waals surface area (Å²) in [6, 6.07) is 30.2. The van der Waals surface area contributed by atoms with E-state index in [0.29, 0.717) is 0 Å². The highest BCUT2D eigenvalue weighted by Gasteiger charge is 2.35. The van der Waals surface area contributed by atoms with Crippen LogP contribution < -0.4 is 0 Å². The van der Waals surface area contributed by atoms with Gasteiger partial charge >= 0.3 is 0 Å². The first kappa shape index (κ1) is 21.0. The van der Waals surface area contributed by atoms with Gasteiger partial charge in [-0.25, -0.2) is 0 Å². The molecule has 0 unspecified atom stereocenters. The van der Waals surface area contributed by atoms with Gasteiger partial charge in [-0.3, -0.25) is 0 Å². The molecule has 0 N–H and O–H groups in total. The first-order valence-corrected chi connectivity index (χ1v) is 13.3. The fourth-order valence-electron chi connectivity index (χ4n) is 7.06. The topological polar surface area (TPSA) is 4.93 Å². The van der Waals surface area contributed by atoms with Crippen LogP contribution in [0.2, 0.25) is 0 Å². The van der Waals surface area contributed by atoms with Crippen molar-refractivity contribution in [3.8, 4) is 16.8 Å². The van der Waals surface area contributed by atoms with Crippen LogP contribution in [0.25, 0.3) is 55.5 Å². The minimum Gasteiger partial charge on any atom is -0.309 e. The molecule has 1 aromatic heterocycles. The number of allylic oxidation sites excluding steroid dienone is 1. The van der Waals surface area contributed by atoms with E-state index in [9.17, 15) is 0 Å². The van der Waals surface area contributed by atoms with Gasteiger partial charge in [0.2, 0.25) is 0 Å². The largest absolute Gasteiger partial charge is 0.309 e. The summed E-state index contributed by atoms with van der Waals surface area (Å²) >= 11 is 0. The number of nitrogens with zero attached hydrogens (tertiary/aromatic N) is 1. The molecule has 0 radical (unpaired) electrons. The minimum absolute atomic E-state index is 0.107. The Kier molecular flexibility index (Phi) is 3.99. The smallest absolute Gasteiger partial charge is 0.0582 e. The van der Waals surface area contributed by atoms with E-state index < -0.39 is 0 Å². The van der Waals surface area contributed by atoms with E-state index in [1.165, 1.54) is 82.8 Å². The number of aryl methyl sites for hydroxylation is 2. The maximum absolute atomic E-state index is 2.52. The first-order chi connectivity index (χ1) is 17.9. The van der Waals surface area contributed by atoms with Crippen molar-refractivity contribution in [2.24, 2.45) is 0 Å². The zero-order chi connectivity index (χ0) is 25.1. The van der Waals surface area contributed by atoms with Crippen LogP contribution in [0, 0.1) is 13.8 Å². The molecule has 5 aromatic carbocycles. The molecule has 6 aromatic rings. The molecule has 0 atom stereocenters. The van der Waals surface area contributed by atoms with Gasteiger partial charge in [0, 0.05) is 16.2 Å². The van der Waals surface area contributed by atoms with Gasteiger partial charge in [-0.1, -0.05) is 85.7 Å². The average Bonchev–Trinajstić information content (AvgIpc) is 3.21. The van der Waals surface area contributed by atoms with Crippen LogP contribution in [-0.4, -0.2) is 4.57 Å². The predicted octanol–water partition coefficient (Wildman–Crippen LogP) is 9.43. The second-order valence-electron chi connectivity index (χ2n) is 11.6. The Morgan fingerprint density at radius 1 is 0.757 bits per heavy atom. The first-order valence-electron chi connectivity index (χ1n) is 13.3. The average molecular weight is 476 g/mol. The fourth-order valence-corrected chi connectivity index (χ4v) is 7.06. The molecule has 2 heterocycles. The molecule has 1 aliphatic carbocycles. The SMILES string of the molecule is Cc1ccc2c(c1)c1cc(C)cc3c1n2-c1ccc(-c2ccc4cccc5c4c2C=CC5)cc1C3(C)C. The Morgan fingerprint density at radius 2 is 1.62 bits per heavy atom. The monoisotopic (exact) mass is 475 g/mol. The lowest BCUT2D eigenvalue weighted by Gasteiger charge is -2.35. The van der Waals surface area contributed by atoms with Gasteiger partial charge in [-0.2, -0.15) is 0 Å². The lowest BCUT2D eigenvalue weighted by Crippen LogP contribution is -2.26. The normalized spacial score (nSPS) is 15.0.